The van der Waals surface area contributed by atoms with Gasteiger partial charge in [0, 0.05) is 21.5 Å². The topological polar surface area (TPSA) is 39.1 Å². The second-order valence-corrected chi connectivity index (χ2v) is 11.2. The molecule has 0 saturated heterocycles. The molecule has 3 nitrogen and oxygen atoms in total. The molecule has 0 N–H and O–H groups in total. The van der Waals surface area contributed by atoms with Crippen molar-refractivity contribution < 1.29 is 8.42 Å². The first kappa shape index (κ1) is 21.1. The zero-order valence-corrected chi connectivity index (χ0v) is 20.3. The number of rotatable bonds is 5. The molecule has 0 saturated carbocycles. The smallest absolute Gasteiger partial charge is 0.236 e. The van der Waals surface area contributed by atoms with Crippen molar-refractivity contribution in [3.63, 3.8) is 0 Å². The molecule has 5 aromatic rings. The van der Waals surface area contributed by atoms with E-state index in [1.807, 2.05) is 85.1 Å². The number of para-hydroxylation sites is 1. The van der Waals surface area contributed by atoms with Gasteiger partial charge in [-0.3, -0.25) is 0 Å². The molecule has 5 rings (SSSR count). The van der Waals surface area contributed by atoms with E-state index in [4.69, 9.17) is 0 Å². The molecule has 2 aromatic heterocycles. The van der Waals surface area contributed by atoms with E-state index in [9.17, 15) is 8.42 Å². The fraction of sp³-hybridized carbons (Fsp3) is 0.0769. The highest BCUT2D eigenvalue weighted by molar-refractivity contribution is 7.90. The maximum Gasteiger partial charge on any atom is 0.268 e. The van der Waals surface area contributed by atoms with Crippen molar-refractivity contribution in [3.8, 4) is 11.1 Å². The first-order valence-electron chi connectivity index (χ1n) is 10.3. The first-order valence-corrected chi connectivity index (χ1v) is 13.3. The highest BCUT2D eigenvalue weighted by atomic mass is 32.2. The number of aromatic nitrogens is 1. The standard InChI is InChI=1S/C26H22NO2PS2/c1-18-13-15-20(16-14-18)32(28,29)27-22-11-6-5-10-21(22)24(19-8-3-2-4-9-19)25(27)26(30)23-12-7-17-31-23/h2-17,26H,30H2,1H3. The molecule has 2 heterocycles. The Hall–Kier alpha value is -2.72. The SMILES string of the molecule is Cc1ccc(S(=O)(=O)n2c(C(P)c3cccs3)c(-c3ccccc3)c3ccccc32)cc1. The number of aryl methyl sites for hydroxylation is 1. The third-order valence-electron chi connectivity index (χ3n) is 5.63. The van der Waals surface area contributed by atoms with Crippen LogP contribution in [0.3, 0.4) is 0 Å². The van der Waals surface area contributed by atoms with Crippen molar-refractivity contribution in [1.29, 1.82) is 0 Å². The van der Waals surface area contributed by atoms with Gasteiger partial charge in [-0.15, -0.1) is 20.6 Å². The molecule has 160 valence electrons. The molecule has 0 radical (unpaired) electrons. The molecule has 3 aromatic carbocycles. The van der Waals surface area contributed by atoms with E-state index in [2.05, 4.69) is 15.3 Å². The van der Waals surface area contributed by atoms with Gasteiger partial charge in [0.2, 0.25) is 0 Å². The van der Waals surface area contributed by atoms with E-state index in [1.54, 1.807) is 27.4 Å². The normalized spacial score (nSPS) is 12.8. The molecule has 0 bridgehead atoms. The summed E-state index contributed by atoms with van der Waals surface area (Å²) in [6.07, 6.45) is 0. The van der Waals surface area contributed by atoms with E-state index in [-0.39, 0.29) is 10.6 Å². The Morgan fingerprint density at radius 3 is 2.22 bits per heavy atom. The van der Waals surface area contributed by atoms with Gasteiger partial charge in [-0.1, -0.05) is 72.3 Å². The number of benzene rings is 3. The van der Waals surface area contributed by atoms with Crippen LogP contribution in [-0.4, -0.2) is 12.4 Å². The molecular formula is C26H22NO2PS2. The Morgan fingerprint density at radius 1 is 0.844 bits per heavy atom. The summed E-state index contributed by atoms with van der Waals surface area (Å²) in [5, 5.41) is 2.95. The molecular weight excluding hydrogens is 453 g/mol. The zero-order chi connectivity index (χ0) is 22.3. The lowest BCUT2D eigenvalue weighted by molar-refractivity contribution is 0.587. The van der Waals surface area contributed by atoms with Gasteiger partial charge in [0.25, 0.3) is 10.0 Å². The lowest BCUT2D eigenvalue weighted by Crippen LogP contribution is -2.17. The molecule has 0 aliphatic heterocycles. The van der Waals surface area contributed by atoms with Gasteiger partial charge in [-0.05, 0) is 42.1 Å². The molecule has 32 heavy (non-hydrogen) atoms. The summed E-state index contributed by atoms with van der Waals surface area (Å²) in [6.45, 7) is 1.95. The molecule has 2 atom stereocenters. The number of thiophene rings is 1. The lowest BCUT2D eigenvalue weighted by atomic mass is 10.00. The van der Waals surface area contributed by atoms with Crippen LogP contribution >= 0.6 is 20.6 Å². The zero-order valence-electron chi connectivity index (χ0n) is 17.5. The monoisotopic (exact) mass is 475 g/mol. The Bertz CT molecular complexity index is 1490. The highest BCUT2D eigenvalue weighted by Gasteiger charge is 2.31. The summed E-state index contributed by atoms with van der Waals surface area (Å²) in [4.78, 5) is 1.38. The average Bonchev–Trinajstić information content (AvgIpc) is 3.46. The van der Waals surface area contributed by atoms with Crippen LogP contribution in [0.1, 0.15) is 21.8 Å². The van der Waals surface area contributed by atoms with Crippen LogP contribution in [-0.2, 0) is 10.0 Å². The summed E-state index contributed by atoms with van der Waals surface area (Å²) in [5.41, 5.74) is 4.23. The van der Waals surface area contributed by atoms with Gasteiger partial charge in [-0.2, -0.15) is 0 Å². The average molecular weight is 476 g/mol. The molecule has 0 aliphatic carbocycles. The highest BCUT2D eigenvalue weighted by Crippen LogP contribution is 2.46. The summed E-state index contributed by atoms with van der Waals surface area (Å²) >= 11 is 1.63. The maximum atomic E-state index is 14.1. The fourth-order valence-electron chi connectivity index (χ4n) is 4.10. The fourth-order valence-corrected chi connectivity index (χ4v) is 7.17. The van der Waals surface area contributed by atoms with Crippen LogP contribution in [0.15, 0.2) is 101 Å². The summed E-state index contributed by atoms with van der Waals surface area (Å²) in [6, 6.07) is 28.9. The Balaban J connectivity index is 1.91. The van der Waals surface area contributed by atoms with Gasteiger partial charge in [0.1, 0.15) is 0 Å². The molecule has 6 heteroatoms. The van der Waals surface area contributed by atoms with Crippen molar-refractivity contribution in [2.75, 3.05) is 0 Å². The summed E-state index contributed by atoms with van der Waals surface area (Å²) < 4.78 is 29.7. The molecule has 2 unspecified atom stereocenters. The molecule has 0 amide bonds. The van der Waals surface area contributed by atoms with E-state index < -0.39 is 10.0 Å². The maximum absolute atomic E-state index is 14.1. The van der Waals surface area contributed by atoms with Crippen molar-refractivity contribution in [3.05, 3.63) is 113 Å². The second kappa shape index (κ2) is 8.32. The van der Waals surface area contributed by atoms with Gasteiger partial charge in [0.15, 0.2) is 0 Å². The van der Waals surface area contributed by atoms with E-state index in [0.717, 1.165) is 32.6 Å². The Morgan fingerprint density at radius 2 is 1.53 bits per heavy atom. The first-order chi connectivity index (χ1) is 15.5. The van der Waals surface area contributed by atoms with Gasteiger partial charge in [-0.25, -0.2) is 12.4 Å². The van der Waals surface area contributed by atoms with E-state index in [1.165, 1.54) is 0 Å². The number of fused-ring (bicyclic) bond motifs is 1. The summed E-state index contributed by atoms with van der Waals surface area (Å²) in [5.74, 6) is 0. The van der Waals surface area contributed by atoms with Crippen molar-refractivity contribution >= 4 is 41.5 Å². The predicted molar refractivity (Wildman–Crippen MR) is 137 cm³/mol. The lowest BCUT2D eigenvalue weighted by Gasteiger charge is -2.18. The van der Waals surface area contributed by atoms with E-state index in [0.29, 0.717) is 5.52 Å². The van der Waals surface area contributed by atoms with Crippen LogP contribution in [0.2, 0.25) is 0 Å². The second-order valence-electron chi connectivity index (χ2n) is 7.72. The number of nitrogens with zero attached hydrogens (tertiary/aromatic N) is 1. The van der Waals surface area contributed by atoms with Crippen molar-refractivity contribution in [2.45, 2.75) is 17.5 Å². The van der Waals surface area contributed by atoms with Gasteiger partial charge < -0.3 is 0 Å². The molecule has 0 aliphatic rings. The van der Waals surface area contributed by atoms with Crippen molar-refractivity contribution in [1.82, 2.24) is 3.97 Å². The number of hydrogen-bond donors (Lipinski definition) is 0. The Labute approximate surface area is 194 Å². The summed E-state index contributed by atoms with van der Waals surface area (Å²) in [7, 11) is -0.955. The van der Waals surface area contributed by atoms with Crippen LogP contribution in [0.5, 0.6) is 0 Å². The minimum atomic E-state index is -3.83. The predicted octanol–water partition coefficient (Wildman–Crippen LogP) is 6.88. The molecule has 0 fully saturated rings. The van der Waals surface area contributed by atoms with Gasteiger partial charge >= 0.3 is 0 Å². The van der Waals surface area contributed by atoms with Crippen LogP contribution < -0.4 is 0 Å². The Kier molecular flexibility index (Phi) is 5.50. The quantitative estimate of drug-likeness (QED) is 0.260. The largest absolute Gasteiger partial charge is 0.268 e. The minimum Gasteiger partial charge on any atom is -0.236 e. The van der Waals surface area contributed by atoms with Crippen molar-refractivity contribution in [2.24, 2.45) is 0 Å². The van der Waals surface area contributed by atoms with Crippen LogP contribution in [0.4, 0.5) is 0 Å². The third-order valence-corrected chi connectivity index (χ3v) is 9.25. The minimum absolute atomic E-state index is 0.183. The molecule has 0 spiro atoms. The number of hydrogen-bond acceptors (Lipinski definition) is 3. The third kappa shape index (κ3) is 3.51. The van der Waals surface area contributed by atoms with Crippen LogP contribution in [0.25, 0.3) is 22.0 Å². The van der Waals surface area contributed by atoms with Crippen LogP contribution in [0, 0.1) is 6.92 Å². The van der Waals surface area contributed by atoms with E-state index >= 15 is 0 Å². The van der Waals surface area contributed by atoms with Gasteiger partial charge in [0.05, 0.1) is 16.1 Å².